The summed E-state index contributed by atoms with van der Waals surface area (Å²) in [5.41, 5.74) is 1.57. The minimum atomic E-state index is -2.99. The van der Waals surface area contributed by atoms with Crippen molar-refractivity contribution in [3.63, 3.8) is 0 Å². The fraction of sp³-hybridized carbons (Fsp3) is 0.318. The van der Waals surface area contributed by atoms with Crippen molar-refractivity contribution in [2.45, 2.75) is 25.5 Å². The Labute approximate surface area is 181 Å². The number of carbonyl (C=O) groups is 2. The van der Waals surface area contributed by atoms with Gasteiger partial charge in [-0.3, -0.25) is 14.2 Å². The lowest BCUT2D eigenvalue weighted by Crippen LogP contribution is -2.45. The van der Waals surface area contributed by atoms with Gasteiger partial charge in [-0.15, -0.1) is 0 Å². The van der Waals surface area contributed by atoms with Gasteiger partial charge in [-0.1, -0.05) is 18.2 Å². The van der Waals surface area contributed by atoms with E-state index in [0.717, 1.165) is 11.0 Å². The number of carbonyl (C=O) groups excluding carboxylic acids is 2. The van der Waals surface area contributed by atoms with E-state index in [4.69, 9.17) is 0 Å². The first-order chi connectivity index (χ1) is 15.4. The molecule has 1 fully saturated rings. The van der Waals surface area contributed by atoms with Crippen molar-refractivity contribution in [1.29, 1.82) is 0 Å². The number of nitrogens with one attached hydrogen (secondary N) is 2. The van der Waals surface area contributed by atoms with E-state index in [9.17, 15) is 23.2 Å². The molecule has 10 heteroatoms. The van der Waals surface area contributed by atoms with Crippen LogP contribution in [-0.4, -0.2) is 52.5 Å². The SMILES string of the molecule is O=C(NCC(=O)N1CCC(n2c(=O)[nH]c3ccccc32)CC1)c1cccc(OC(F)F)c1. The highest BCUT2D eigenvalue weighted by atomic mass is 19.3. The predicted molar refractivity (Wildman–Crippen MR) is 113 cm³/mol. The van der Waals surface area contributed by atoms with E-state index in [1.807, 2.05) is 24.3 Å². The number of amides is 2. The summed E-state index contributed by atoms with van der Waals surface area (Å²) >= 11 is 0. The van der Waals surface area contributed by atoms with E-state index in [1.54, 1.807) is 9.47 Å². The average molecular weight is 444 g/mol. The molecule has 0 atom stereocenters. The molecule has 2 amide bonds. The largest absolute Gasteiger partial charge is 0.435 e. The van der Waals surface area contributed by atoms with Crippen LogP contribution in [0.3, 0.4) is 0 Å². The lowest BCUT2D eigenvalue weighted by atomic mass is 10.0. The summed E-state index contributed by atoms with van der Waals surface area (Å²) in [6, 6.07) is 12.8. The van der Waals surface area contributed by atoms with Gasteiger partial charge in [-0.2, -0.15) is 8.78 Å². The first-order valence-corrected chi connectivity index (χ1v) is 10.2. The van der Waals surface area contributed by atoms with Crippen molar-refractivity contribution >= 4 is 22.8 Å². The molecule has 8 nitrogen and oxygen atoms in total. The number of para-hydroxylation sites is 2. The van der Waals surface area contributed by atoms with Crippen molar-refractivity contribution in [2.75, 3.05) is 19.6 Å². The molecule has 32 heavy (non-hydrogen) atoms. The van der Waals surface area contributed by atoms with Gasteiger partial charge in [0.05, 0.1) is 17.6 Å². The van der Waals surface area contributed by atoms with Gasteiger partial charge < -0.3 is 19.9 Å². The summed E-state index contributed by atoms with van der Waals surface area (Å²) < 4.78 is 30.7. The molecule has 3 aromatic rings. The molecule has 2 aromatic carbocycles. The van der Waals surface area contributed by atoms with Gasteiger partial charge >= 0.3 is 12.3 Å². The quantitative estimate of drug-likeness (QED) is 0.611. The lowest BCUT2D eigenvalue weighted by Gasteiger charge is -2.32. The van der Waals surface area contributed by atoms with Crippen LogP contribution in [0.15, 0.2) is 53.3 Å². The molecule has 0 unspecified atom stereocenters. The van der Waals surface area contributed by atoms with Crippen LogP contribution < -0.4 is 15.7 Å². The zero-order chi connectivity index (χ0) is 22.7. The number of piperidine rings is 1. The van der Waals surface area contributed by atoms with Crippen LogP contribution in [0.1, 0.15) is 29.2 Å². The number of alkyl halides is 2. The van der Waals surface area contributed by atoms with Crippen molar-refractivity contribution in [2.24, 2.45) is 0 Å². The van der Waals surface area contributed by atoms with Gasteiger partial charge in [-0.25, -0.2) is 4.79 Å². The highest BCUT2D eigenvalue weighted by Crippen LogP contribution is 2.24. The number of aromatic amines is 1. The zero-order valence-electron chi connectivity index (χ0n) is 17.1. The molecule has 0 saturated carbocycles. The molecule has 1 aliphatic rings. The molecular formula is C22H22F2N4O4. The maximum atomic E-state index is 12.5. The standard InChI is InChI=1S/C22H22F2N4O4/c23-21(24)32-16-5-3-4-14(12-16)20(30)25-13-19(29)27-10-8-15(9-11-27)28-18-7-2-1-6-17(18)26-22(28)31/h1-7,12,15,21H,8-11,13H2,(H,25,30)(H,26,31). The van der Waals surface area contributed by atoms with Gasteiger partial charge in [-0.05, 0) is 43.2 Å². The number of likely N-dealkylation sites (tertiary alicyclic amines) is 1. The maximum absolute atomic E-state index is 12.5. The smallest absolute Gasteiger partial charge is 0.387 e. The van der Waals surface area contributed by atoms with E-state index in [-0.39, 0.29) is 35.5 Å². The Morgan fingerprint density at radius 1 is 1.12 bits per heavy atom. The average Bonchev–Trinajstić information content (AvgIpc) is 3.12. The van der Waals surface area contributed by atoms with Crippen LogP contribution in [0.4, 0.5) is 8.78 Å². The summed E-state index contributed by atoms with van der Waals surface area (Å²) in [4.78, 5) is 41.7. The van der Waals surface area contributed by atoms with Gasteiger partial charge in [0.1, 0.15) is 5.75 Å². The molecular weight excluding hydrogens is 422 g/mol. The molecule has 0 radical (unpaired) electrons. The number of nitrogens with zero attached hydrogens (tertiary/aromatic N) is 2. The van der Waals surface area contributed by atoms with Crippen LogP contribution in [0.5, 0.6) is 5.75 Å². The molecule has 1 saturated heterocycles. The highest BCUT2D eigenvalue weighted by molar-refractivity contribution is 5.96. The monoisotopic (exact) mass is 444 g/mol. The molecule has 0 spiro atoms. The van der Waals surface area contributed by atoms with Gasteiger partial charge in [0.15, 0.2) is 0 Å². The van der Waals surface area contributed by atoms with E-state index < -0.39 is 12.5 Å². The molecule has 1 aliphatic heterocycles. The lowest BCUT2D eigenvalue weighted by molar-refractivity contribution is -0.131. The topological polar surface area (TPSA) is 96.4 Å². The van der Waals surface area contributed by atoms with E-state index in [2.05, 4.69) is 15.0 Å². The normalized spacial score (nSPS) is 14.7. The second-order valence-electron chi connectivity index (χ2n) is 7.52. The van der Waals surface area contributed by atoms with Crippen molar-refractivity contribution < 1.29 is 23.1 Å². The summed E-state index contributed by atoms with van der Waals surface area (Å²) in [7, 11) is 0. The number of aromatic nitrogens is 2. The first-order valence-electron chi connectivity index (χ1n) is 10.2. The van der Waals surface area contributed by atoms with E-state index in [1.165, 1.54) is 24.3 Å². The van der Waals surface area contributed by atoms with E-state index in [0.29, 0.717) is 25.9 Å². The van der Waals surface area contributed by atoms with Crippen LogP contribution in [0, 0.1) is 0 Å². The fourth-order valence-electron chi connectivity index (χ4n) is 3.99. The number of rotatable bonds is 6. The maximum Gasteiger partial charge on any atom is 0.387 e. The number of H-pyrrole nitrogens is 1. The summed E-state index contributed by atoms with van der Waals surface area (Å²) in [6.07, 6.45) is 1.24. The van der Waals surface area contributed by atoms with Gasteiger partial charge in [0, 0.05) is 24.7 Å². The van der Waals surface area contributed by atoms with Crippen molar-refractivity contribution in [1.82, 2.24) is 19.8 Å². The zero-order valence-corrected chi connectivity index (χ0v) is 17.1. The molecule has 2 N–H and O–H groups in total. The number of fused-ring (bicyclic) bond motifs is 1. The van der Waals surface area contributed by atoms with Crippen molar-refractivity contribution in [3.05, 3.63) is 64.6 Å². The number of imidazole rings is 1. The Morgan fingerprint density at radius 2 is 1.88 bits per heavy atom. The summed E-state index contributed by atoms with van der Waals surface area (Å²) in [5, 5.41) is 2.52. The Hall–Kier alpha value is -3.69. The van der Waals surface area contributed by atoms with Crippen LogP contribution in [0.25, 0.3) is 11.0 Å². The molecule has 0 bridgehead atoms. The Morgan fingerprint density at radius 3 is 2.62 bits per heavy atom. The third-order valence-electron chi connectivity index (χ3n) is 5.53. The molecule has 4 rings (SSSR count). The number of hydrogen-bond donors (Lipinski definition) is 2. The van der Waals surface area contributed by atoms with E-state index >= 15 is 0 Å². The highest BCUT2D eigenvalue weighted by Gasteiger charge is 2.26. The Balaban J connectivity index is 1.32. The van der Waals surface area contributed by atoms with Crippen LogP contribution >= 0.6 is 0 Å². The number of benzene rings is 2. The second kappa shape index (κ2) is 9.21. The molecule has 168 valence electrons. The fourth-order valence-corrected chi connectivity index (χ4v) is 3.99. The third kappa shape index (κ3) is 4.63. The molecule has 2 heterocycles. The van der Waals surface area contributed by atoms with Crippen LogP contribution in [-0.2, 0) is 4.79 Å². The second-order valence-corrected chi connectivity index (χ2v) is 7.52. The minimum absolute atomic E-state index is 0.0186. The minimum Gasteiger partial charge on any atom is -0.435 e. The van der Waals surface area contributed by atoms with Gasteiger partial charge in [0.25, 0.3) is 5.91 Å². The molecule has 1 aromatic heterocycles. The summed E-state index contributed by atoms with van der Waals surface area (Å²) in [5.74, 6) is -0.935. The first kappa shape index (κ1) is 21.5. The van der Waals surface area contributed by atoms with Crippen LogP contribution in [0.2, 0.25) is 0 Å². The third-order valence-corrected chi connectivity index (χ3v) is 5.53. The number of halogens is 2. The Bertz CT molecular complexity index is 1180. The Kier molecular flexibility index (Phi) is 6.20. The van der Waals surface area contributed by atoms with Gasteiger partial charge in [0.2, 0.25) is 5.91 Å². The summed E-state index contributed by atoms with van der Waals surface area (Å²) in [6.45, 7) is -2.28. The van der Waals surface area contributed by atoms with Crippen molar-refractivity contribution in [3.8, 4) is 5.75 Å². The number of hydrogen-bond acceptors (Lipinski definition) is 4. The predicted octanol–water partition coefficient (Wildman–Crippen LogP) is 2.52. The molecule has 0 aliphatic carbocycles. The number of ether oxygens (including phenoxy) is 1.